The number of carbonyl (C=O) groups excluding carboxylic acids is 1. The number of likely N-dealkylation sites (tertiary alicyclic amines) is 1. The lowest BCUT2D eigenvalue weighted by Crippen LogP contribution is -2.39. The van der Waals surface area contributed by atoms with E-state index in [1.807, 2.05) is 34.4 Å². The predicted molar refractivity (Wildman–Crippen MR) is 162 cm³/mol. The van der Waals surface area contributed by atoms with Crippen molar-refractivity contribution >= 4 is 29.2 Å². The molecule has 1 aliphatic heterocycles. The molecule has 4 N–H and O–H groups in total. The molecule has 2 aromatic carbocycles. The van der Waals surface area contributed by atoms with Crippen LogP contribution in [0.25, 0.3) is 16.9 Å². The standard InChI is InChI=1S/C32H33FN6O5/c1-21-18-24(5-6-25(21)31(41)38-13-9-22(10-14-38)8-11-35-32(42)43)37-29-30-36-20-27(39(30)15-12-34-29)23-4-7-28(26(33)19-23)44-17-3-2-16-40/h4-7,12,15,18-20,22,35,40H,8-11,13-14,16-17H2,1H3,(H,34,37)(H,42,43). The number of hydrogen-bond acceptors (Lipinski definition) is 7. The van der Waals surface area contributed by atoms with Crippen LogP contribution in [-0.4, -0.2) is 74.3 Å². The number of aliphatic hydroxyl groups is 1. The fraction of sp³-hybridized carbons (Fsp3) is 0.312. The number of fused-ring (bicyclic) bond motifs is 1. The molecular weight excluding hydrogens is 567 g/mol. The monoisotopic (exact) mass is 600 g/mol. The maximum Gasteiger partial charge on any atom is 0.404 e. The lowest BCUT2D eigenvalue weighted by Gasteiger charge is -2.32. The number of benzene rings is 2. The van der Waals surface area contributed by atoms with Gasteiger partial charge in [0.1, 0.15) is 13.2 Å². The Bertz CT molecular complexity index is 1720. The minimum absolute atomic E-state index is 0.0176. The van der Waals surface area contributed by atoms with Crippen molar-refractivity contribution in [1.82, 2.24) is 24.6 Å². The molecule has 12 heteroatoms. The number of ether oxygens (including phenoxy) is 1. The first-order valence-electron chi connectivity index (χ1n) is 14.3. The second-order valence-corrected chi connectivity index (χ2v) is 10.5. The summed E-state index contributed by atoms with van der Waals surface area (Å²) in [6.45, 7) is 3.29. The highest BCUT2D eigenvalue weighted by Crippen LogP contribution is 2.29. The molecule has 1 fully saturated rings. The fourth-order valence-corrected chi connectivity index (χ4v) is 5.32. The summed E-state index contributed by atoms with van der Waals surface area (Å²) >= 11 is 0. The molecule has 5 rings (SSSR count). The first-order chi connectivity index (χ1) is 21.3. The van der Waals surface area contributed by atoms with Crippen LogP contribution in [0.1, 0.15) is 35.2 Å². The third-order valence-electron chi connectivity index (χ3n) is 7.61. The molecule has 1 aliphatic rings. The molecule has 3 heterocycles. The highest BCUT2D eigenvalue weighted by atomic mass is 19.1. The van der Waals surface area contributed by atoms with Gasteiger partial charge >= 0.3 is 6.09 Å². The summed E-state index contributed by atoms with van der Waals surface area (Å²) < 4.78 is 21.9. The topological polar surface area (TPSA) is 141 Å². The van der Waals surface area contributed by atoms with Gasteiger partial charge in [-0.05, 0) is 74.1 Å². The number of aromatic nitrogens is 3. The van der Waals surface area contributed by atoms with Crippen LogP contribution in [-0.2, 0) is 0 Å². The number of amides is 2. The highest BCUT2D eigenvalue weighted by molar-refractivity contribution is 5.96. The van der Waals surface area contributed by atoms with Crippen molar-refractivity contribution in [2.24, 2.45) is 5.92 Å². The number of carbonyl (C=O) groups is 2. The number of aliphatic hydroxyl groups excluding tert-OH is 1. The number of nitrogens with zero attached hydrogens (tertiary/aromatic N) is 4. The van der Waals surface area contributed by atoms with Crippen molar-refractivity contribution in [3.05, 3.63) is 71.9 Å². The molecular formula is C32H33FN6O5. The number of aryl methyl sites for hydroxylation is 1. The van der Waals surface area contributed by atoms with Gasteiger partial charge in [0.25, 0.3) is 5.91 Å². The van der Waals surface area contributed by atoms with Gasteiger partial charge < -0.3 is 30.5 Å². The van der Waals surface area contributed by atoms with Crippen molar-refractivity contribution in [1.29, 1.82) is 0 Å². The van der Waals surface area contributed by atoms with Crippen molar-refractivity contribution in [2.75, 3.05) is 38.2 Å². The predicted octanol–water partition coefficient (Wildman–Crippen LogP) is 4.47. The Morgan fingerprint density at radius 2 is 1.95 bits per heavy atom. The molecule has 0 radical (unpaired) electrons. The summed E-state index contributed by atoms with van der Waals surface area (Å²) in [5, 5.41) is 23.2. The van der Waals surface area contributed by atoms with Crippen LogP contribution in [0.4, 0.5) is 20.7 Å². The number of anilines is 2. The van der Waals surface area contributed by atoms with Crippen molar-refractivity contribution < 1.29 is 28.9 Å². The van der Waals surface area contributed by atoms with Crippen molar-refractivity contribution in [3.63, 3.8) is 0 Å². The Kier molecular flexibility index (Phi) is 9.56. The summed E-state index contributed by atoms with van der Waals surface area (Å²) in [4.78, 5) is 34.8. The van der Waals surface area contributed by atoms with Gasteiger partial charge in [-0.25, -0.2) is 19.2 Å². The average molecular weight is 601 g/mol. The van der Waals surface area contributed by atoms with Gasteiger partial charge in [-0.15, -0.1) is 0 Å². The maximum atomic E-state index is 14.7. The van der Waals surface area contributed by atoms with E-state index in [4.69, 9.17) is 14.9 Å². The van der Waals surface area contributed by atoms with Crippen LogP contribution in [0.2, 0.25) is 0 Å². The van der Waals surface area contributed by atoms with Crippen LogP contribution < -0.4 is 15.4 Å². The Hall–Kier alpha value is -5.15. The molecule has 1 saturated heterocycles. The number of hydrogen-bond donors (Lipinski definition) is 4. The summed E-state index contributed by atoms with van der Waals surface area (Å²) in [5.74, 6) is 5.43. The lowest BCUT2D eigenvalue weighted by atomic mass is 9.93. The number of rotatable bonds is 9. The Morgan fingerprint density at radius 1 is 1.14 bits per heavy atom. The Balaban J connectivity index is 1.25. The largest absolute Gasteiger partial charge is 0.478 e. The molecule has 44 heavy (non-hydrogen) atoms. The van der Waals surface area contributed by atoms with E-state index < -0.39 is 11.9 Å². The minimum atomic E-state index is -1.01. The molecule has 0 aliphatic carbocycles. The average Bonchev–Trinajstić information content (AvgIpc) is 3.45. The third-order valence-corrected chi connectivity index (χ3v) is 7.61. The number of piperidine rings is 1. The molecule has 228 valence electrons. The quantitative estimate of drug-likeness (QED) is 0.206. The van der Waals surface area contributed by atoms with Gasteiger partial charge in [0.2, 0.25) is 0 Å². The number of carboxylic acid groups (broad SMARTS) is 1. The van der Waals surface area contributed by atoms with Gasteiger partial charge in [-0.2, -0.15) is 0 Å². The van der Waals surface area contributed by atoms with Gasteiger partial charge in [0.05, 0.1) is 11.9 Å². The molecule has 0 spiro atoms. The van der Waals surface area contributed by atoms with Gasteiger partial charge in [-0.3, -0.25) is 9.20 Å². The first kappa shape index (κ1) is 30.3. The fourth-order valence-electron chi connectivity index (χ4n) is 5.32. The minimum Gasteiger partial charge on any atom is -0.478 e. The molecule has 11 nitrogen and oxygen atoms in total. The zero-order valence-electron chi connectivity index (χ0n) is 24.2. The summed E-state index contributed by atoms with van der Waals surface area (Å²) in [6.07, 6.45) is 6.46. The highest BCUT2D eigenvalue weighted by Gasteiger charge is 2.24. The molecule has 0 bridgehead atoms. The molecule has 2 aromatic heterocycles. The van der Waals surface area contributed by atoms with E-state index in [1.165, 1.54) is 12.1 Å². The van der Waals surface area contributed by atoms with Crippen molar-refractivity contribution in [2.45, 2.75) is 26.2 Å². The molecule has 0 saturated carbocycles. The van der Waals surface area contributed by atoms with E-state index >= 15 is 0 Å². The number of halogens is 1. The third kappa shape index (κ3) is 7.07. The molecule has 0 unspecified atom stereocenters. The van der Waals surface area contributed by atoms with Gasteiger partial charge in [0, 0.05) is 48.8 Å². The zero-order chi connectivity index (χ0) is 31.1. The second-order valence-electron chi connectivity index (χ2n) is 10.5. The van der Waals surface area contributed by atoms with E-state index in [9.17, 15) is 14.0 Å². The Labute approximate surface area is 253 Å². The Morgan fingerprint density at radius 3 is 2.68 bits per heavy atom. The SMILES string of the molecule is Cc1cc(Nc2nccn3c(-c4ccc(OCC#CCO)c(F)c4)cnc23)ccc1C(=O)N1CCC(CCNC(=O)O)CC1. The van der Waals surface area contributed by atoms with Crippen LogP contribution in [0.5, 0.6) is 5.75 Å². The second kappa shape index (κ2) is 13.9. The normalized spacial score (nSPS) is 13.3. The van der Waals surface area contributed by atoms with Gasteiger partial charge in [0.15, 0.2) is 23.0 Å². The summed E-state index contributed by atoms with van der Waals surface area (Å²) in [5.41, 5.74) is 4.00. The molecule has 0 atom stereocenters. The van der Waals surface area contributed by atoms with Crippen LogP contribution in [0.15, 0.2) is 55.0 Å². The smallest absolute Gasteiger partial charge is 0.404 e. The lowest BCUT2D eigenvalue weighted by molar-refractivity contribution is 0.0686. The van der Waals surface area contributed by atoms with Crippen LogP contribution in [0, 0.1) is 30.5 Å². The molecule has 2 amide bonds. The first-order valence-corrected chi connectivity index (χ1v) is 14.3. The van der Waals surface area contributed by atoms with E-state index in [0.29, 0.717) is 53.8 Å². The van der Waals surface area contributed by atoms with E-state index in [1.54, 1.807) is 24.7 Å². The number of imidazole rings is 1. The summed E-state index contributed by atoms with van der Waals surface area (Å²) in [6, 6.07) is 10.2. The molecule has 4 aromatic rings. The van der Waals surface area contributed by atoms with Crippen LogP contribution in [0.3, 0.4) is 0 Å². The van der Waals surface area contributed by atoms with E-state index in [2.05, 4.69) is 32.4 Å². The van der Waals surface area contributed by atoms with E-state index in [0.717, 1.165) is 30.5 Å². The van der Waals surface area contributed by atoms with Gasteiger partial charge in [-0.1, -0.05) is 11.8 Å². The zero-order valence-corrected chi connectivity index (χ0v) is 24.2. The van der Waals surface area contributed by atoms with E-state index in [-0.39, 0.29) is 24.9 Å². The maximum absolute atomic E-state index is 14.7. The summed E-state index contributed by atoms with van der Waals surface area (Å²) in [7, 11) is 0. The van der Waals surface area contributed by atoms with Crippen LogP contribution >= 0.6 is 0 Å². The van der Waals surface area contributed by atoms with Crippen molar-refractivity contribution in [3.8, 4) is 28.8 Å². The number of nitrogens with one attached hydrogen (secondary N) is 2.